The van der Waals surface area contributed by atoms with Gasteiger partial charge in [-0.05, 0) is 38.1 Å². The predicted molar refractivity (Wildman–Crippen MR) is 77.3 cm³/mol. The van der Waals surface area contributed by atoms with Crippen LogP contribution in [0.1, 0.15) is 19.4 Å². The number of rotatable bonds is 5. The van der Waals surface area contributed by atoms with Crippen LogP contribution in [0.2, 0.25) is 0 Å². The van der Waals surface area contributed by atoms with Gasteiger partial charge >= 0.3 is 12.1 Å². The smallest absolute Gasteiger partial charge is 0.413 e. The molecule has 0 radical (unpaired) electrons. The topological polar surface area (TPSA) is 115 Å². The van der Waals surface area contributed by atoms with E-state index in [4.69, 9.17) is 14.7 Å². The molecule has 23 heavy (non-hydrogen) atoms. The number of nitriles is 1. The van der Waals surface area contributed by atoms with E-state index in [2.05, 4.69) is 4.74 Å². The van der Waals surface area contributed by atoms with Crippen LogP contribution < -0.4 is 10.1 Å². The van der Waals surface area contributed by atoms with Gasteiger partial charge in [-0.2, -0.15) is 5.26 Å². The number of alkyl carbamates (subject to hydrolysis) is 1. The zero-order valence-corrected chi connectivity index (χ0v) is 12.9. The van der Waals surface area contributed by atoms with Gasteiger partial charge in [0.1, 0.15) is 5.75 Å². The van der Waals surface area contributed by atoms with Gasteiger partial charge in [-0.3, -0.25) is 10.1 Å². The van der Waals surface area contributed by atoms with Gasteiger partial charge < -0.3 is 14.2 Å². The molecule has 0 heterocycles. The fourth-order valence-electron chi connectivity index (χ4n) is 1.44. The summed E-state index contributed by atoms with van der Waals surface area (Å²) >= 11 is 0. The Labute approximate surface area is 132 Å². The summed E-state index contributed by atoms with van der Waals surface area (Å²) in [6, 6.07) is 8.12. The molecular formula is C15H16N2O6. The number of hydrogen-bond donors (Lipinski definition) is 1. The third-order valence-electron chi connectivity index (χ3n) is 2.70. The molecule has 8 nitrogen and oxygen atoms in total. The largest absolute Gasteiger partial charge is 0.479 e. The number of benzene rings is 1. The first-order chi connectivity index (χ1) is 10.9. The van der Waals surface area contributed by atoms with Gasteiger partial charge in [0.2, 0.25) is 0 Å². The number of methoxy groups -OCH3 is 1. The van der Waals surface area contributed by atoms with Crippen molar-refractivity contribution in [3.63, 3.8) is 0 Å². The van der Waals surface area contributed by atoms with Crippen LogP contribution in [0.15, 0.2) is 24.3 Å². The highest BCUT2D eigenvalue weighted by Gasteiger charge is 2.24. The predicted octanol–water partition coefficient (Wildman–Crippen LogP) is 1.14. The zero-order chi connectivity index (χ0) is 17.4. The number of imide groups is 1. The molecule has 2 amide bonds. The van der Waals surface area contributed by atoms with Crippen LogP contribution in [0.3, 0.4) is 0 Å². The van der Waals surface area contributed by atoms with Crippen LogP contribution in [0.4, 0.5) is 4.79 Å². The Morgan fingerprint density at radius 3 is 2.26 bits per heavy atom. The molecule has 0 saturated heterocycles. The molecule has 1 aromatic carbocycles. The van der Waals surface area contributed by atoms with Gasteiger partial charge in [-0.25, -0.2) is 9.59 Å². The molecule has 1 N–H and O–H groups in total. The minimum atomic E-state index is -1.19. The van der Waals surface area contributed by atoms with Gasteiger partial charge in [0.25, 0.3) is 5.91 Å². The average molecular weight is 320 g/mol. The molecule has 0 aliphatic carbocycles. The van der Waals surface area contributed by atoms with Crippen LogP contribution >= 0.6 is 0 Å². The SMILES string of the molecule is COC(=O)NC(=O)[C@@H](C)OC(=O)[C@H](C)Oc1ccc(C#N)cc1. The van der Waals surface area contributed by atoms with E-state index in [0.29, 0.717) is 11.3 Å². The second-order valence-corrected chi connectivity index (χ2v) is 4.46. The molecule has 8 heteroatoms. The number of hydrogen-bond acceptors (Lipinski definition) is 7. The monoisotopic (exact) mass is 320 g/mol. The van der Waals surface area contributed by atoms with Crippen molar-refractivity contribution < 1.29 is 28.6 Å². The summed E-state index contributed by atoms with van der Waals surface area (Å²) in [5.74, 6) is -1.21. The van der Waals surface area contributed by atoms with Crippen molar-refractivity contribution in [2.45, 2.75) is 26.1 Å². The summed E-state index contributed by atoms with van der Waals surface area (Å²) in [7, 11) is 1.10. The van der Waals surface area contributed by atoms with E-state index in [-0.39, 0.29) is 0 Å². The maximum atomic E-state index is 11.8. The third-order valence-corrected chi connectivity index (χ3v) is 2.70. The normalized spacial score (nSPS) is 12.3. The molecule has 0 fully saturated rings. The number of amides is 2. The van der Waals surface area contributed by atoms with E-state index in [1.807, 2.05) is 11.4 Å². The average Bonchev–Trinajstić information content (AvgIpc) is 2.55. The highest BCUT2D eigenvalue weighted by atomic mass is 16.6. The summed E-state index contributed by atoms with van der Waals surface area (Å²) in [5, 5.41) is 10.6. The van der Waals surface area contributed by atoms with E-state index in [9.17, 15) is 14.4 Å². The number of carbonyl (C=O) groups excluding carboxylic acids is 3. The maximum Gasteiger partial charge on any atom is 0.413 e. The molecule has 122 valence electrons. The van der Waals surface area contributed by atoms with E-state index in [1.165, 1.54) is 26.0 Å². The van der Waals surface area contributed by atoms with Crippen LogP contribution in [-0.4, -0.2) is 37.3 Å². The first kappa shape index (κ1) is 18.0. The maximum absolute atomic E-state index is 11.8. The van der Waals surface area contributed by atoms with E-state index in [0.717, 1.165) is 7.11 Å². The lowest BCUT2D eigenvalue weighted by atomic mass is 10.2. The van der Waals surface area contributed by atoms with Crippen molar-refractivity contribution in [1.82, 2.24) is 5.32 Å². The molecule has 0 aliphatic rings. The van der Waals surface area contributed by atoms with Crippen LogP contribution in [0, 0.1) is 11.3 Å². The standard InChI is InChI=1S/C15H16N2O6/c1-9(13(18)17-15(20)21-3)23-14(19)10(2)22-12-6-4-11(8-16)5-7-12/h4-7,9-10H,1-3H3,(H,17,18,20)/t9-,10+/m1/s1. The molecule has 0 saturated carbocycles. The van der Waals surface area contributed by atoms with E-state index >= 15 is 0 Å². The van der Waals surface area contributed by atoms with Crippen LogP contribution in [0.25, 0.3) is 0 Å². The molecule has 0 aliphatic heterocycles. The Morgan fingerprint density at radius 2 is 1.74 bits per heavy atom. The summed E-state index contributed by atoms with van der Waals surface area (Å²) in [5.41, 5.74) is 0.459. The number of ether oxygens (including phenoxy) is 3. The van der Waals surface area contributed by atoms with Gasteiger partial charge in [0.15, 0.2) is 12.2 Å². The Bertz CT molecular complexity index is 620. The van der Waals surface area contributed by atoms with Crippen molar-refractivity contribution in [3.8, 4) is 11.8 Å². The third kappa shape index (κ3) is 5.67. The molecule has 0 spiro atoms. The molecule has 0 bridgehead atoms. The van der Waals surface area contributed by atoms with Crippen LogP contribution in [0.5, 0.6) is 5.75 Å². The van der Waals surface area contributed by atoms with Crippen molar-refractivity contribution in [3.05, 3.63) is 29.8 Å². The first-order valence-corrected chi connectivity index (χ1v) is 6.63. The molecule has 1 aromatic rings. The second-order valence-electron chi connectivity index (χ2n) is 4.46. The molecule has 2 atom stereocenters. The molecule has 1 rings (SSSR count). The second kappa shape index (κ2) is 8.38. The van der Waals surface area contributed by atoms with E-state index < -0.39 is 30.2 Å². The fraction of sp³-hybridized carbons (Fsp3) is 0.333. The summed E-state index contributed by atoms with van der Waals surface area (Å²) < 4.78 is 14.5. The Morgan fingerprint density at radius 1 is 1.13 bits per heavy atom. The summed E-state index contributed by atoms with van der Waals surface area (Å²) in [6.07, 6.45) is -3.11. The fourth-order valence-corrected chi connectivity index (χ4v) is 1.44. The lowest BCUT2D eigenvalue weighted by Gasteiger charge is -2.17. The Balaban J connectivity index is 2.54. The van der Waals surface area contributed by atoms with Gasteiger partial charge in [-0.15, -0.1) is 0 Å². The van der Waals surface area contributed by atoms with Crippen molar-refractivity contribution >= 4 is 18.0 Å². The van der Waals surface area contributed by atoms with Gasteiger partial charge in [0.05, 0.1) is 18.7 Å². The number of nitrogens with one attached hydrogen (secondary N) is 1. The van der Waals surface area contributed by atoms with Gasteiger partial charge in [-0.1, -0.05) is 0 Å². The van der Waals surface area contributed by atoms with Crippen molar-refractivity contribution in [2.75, 3.05) is 7.11 Å². The first-order valence-electron chi connectivity index (χ1n) is 6.63. The molecular weight excluding hydrogens is 304 g/mol. The number of carbonyl (C=O) groups is 3. The van der Waals surface area contributed by atoms with Crippen LogP contribution in [-0.2, 0) is 19.1 Å². The van der Waals surface area contributed by atoms with Gasteiger partial charge in [0, 0.05) is 0 Å². The number of esters is 1. The number of nitrogens with zero attached hydrogens (tertiary/aromatic N) is 1. The lowest BCUT2D eigenvalue weighted by Crippen LogP contribution is -2.41. The highest BCUT2D eigenvalue weighted by Crippen LogP contribution is 2.14. The molecule has 0 aromatic heterocycles. The Hall–Kier alpha value is -3.08. The Kier molecular flexibility index (Phi) is 6.55. The minimum Gasteiger partial charge on any atom is -0.479 e. The molecule has 0 unspecified atom stereocenters. The quantitative estimate of drug-likeness (QED) is 0.809. The van der Waals surface area contributed by atoms with E-state index in [1.54, 1.807) is 12.1 Å². The summed E-state index contributed by atoms with van der Waals surface area (Å²) in [4.78, 5) is 34.3. The zero-order valence-electron chi connectivity index (χ0n) is 12.9. The summed E-state index contributed by atoms with van der Waals surface area (Å²) in [6.45, 7) is 2.76. The van der Waals surface area contributed by atoms with Crippen molar-refractivity contribution in [1.29, 1.82) is 5.26 Å². The van der Waals surface area contributed by atoms with Crippen molar-refractivity contribution in [2.24, 2.45) is 0 Å². The minimum absolute atomic E-state index is 0.375. The lowest BCUT2D eigenvalue weighted by molar-refractivity contribution is -0.160. The highest BCUT2D eigenvalue weighted by molar-refractivity contribution is 5.95.